The minimum Gasteiger partial charge on any atom is -0.497 e. The summed E-state index contributed by atoms with van der Waals surface area (Å²) in [4.78, 5) is 2.13. The van der Waals surface area contributed by atoms with Crippen LogP contribution in [-0.2, 0) is 7.05 Å². The van der Waals surface area contributed by atoms with Gasteiger partial charge in [-0.1, -0.05) is 0 Å². The lowest BCUT2D eigenvalue weighted by Gasteiger charge is -2.22. The third kappa shape index (κ3) is 4.09. The van der Waals surface area contributed by atoms with Crippen LogP contribution in [0.3, 0.4) is 0 Å². The molecule has 0 aliphatic heterocycles. The van der Waals surface area contributed by atoms with Crippen LogP contribution in [0.5, 0.6) is 5.75 Å². The highest BCUT2D eigenvalue weighted by Gasteiger charge is 2.17. The topological polar surface area (TPSA) is 61.3 Å². The second-order valence-electron chi connectivity index (χ2n) is 6.25. The summed E-state index contributed by atoms with van der Waals surface area (Å²) in [5.74, 6) is 0.836. The molecule has 0 radical (unpaired) electrons. The summed E-state index contributed by atoms with van der Waals surface area (Å²) in [6.45, 7) is 5.72. The first kappa shape index (κ1) is 19.3. The summed E-state index contributed by atoms with van der Waals surface area (Å²) in [5, 5.41) is 19.0. The minimum atomic E-state index is 0.140. The SMILES string of the molecule is CCN(CCO)c1ccc(N=Nc2sc3cc(OC)ccc3[n+]2C)c(C)c1. The number of thiazole rings is 1. The van der Waals surface area contributed by atoms with Crippen LogP contribution in [0.25, 0.3) is 10.2 Å². The van der Waals surface area contributed by atoms with Crippen molar-refractivity contribution in [3.63, 3.8) is 0 Å². The van der Waals surface area contributed by atoms with Crippen LogP contribution in [-0.4, -0.2) is 31.9 Å². The number of azo groups is 1. The third-order valence-electron chi connectivity index (χ3n) is 4.56. The predicted octanol–water partition coefficient (Wildman–Crippen LogP) is 4.28. The van der Waals surface area contributed by atoms with Gasteiger partial charge in [-0.15, -0.1) is 0 Å². The Morgan fingerprint density at radius 2 is 2.00 bits per heavy atom. The van der Waals surface area contributed by atoms with Gasteiger partial charge in [0.25, 0.3) is 0 Å². The maximum absolute atomic E-state index is 9.20. The van der Waals surface area contributed by atoms with Crippen LogP contribution in [0.4, 0.5) is 16.5 Å². The molecule has 0 bridgehead atoms. The number of hydrogen-bond acceptors (Lipinski definition) is 6. The molecule has 0 aliphatic carbocycles. The molecular weight excluding hydrogens is 360 g/mol. The van der Waals surface area contributed by atoms with Gasteiger partial charge in [0.15, 0.2) is 0 Å². The fourth-order valence-electron chi connectivity index (χ4n) is 2.97. The molecule has 0 saturated heterocycles. The van der Waals surface area contributed by atoms with E-state index < -0.39 is 0 Å². The first-order chi connectivity index (χ1) is 13.1. The van der Waals surface area contributed by atoms with E-state index >= 15 is 0 Å². The van der Waals surface area contributed by atoms with E-state index in [9.17, 15) is 5.11 Å². The van der Waals surface area contributed by atoms with E-state index in [-0.39, 0.29) is 6.61 Å². The van der Waals surface area contributed by atoms with Gasteiger partial charge in [0.05, 0.1) is 30.6 Å². The quantitative estimate of drug-likeness (QED) is 0.488. The Bertz CT molecular complexity index is 968. The Balaban J connectivity index is 1.87. The fourth-order valence-corrected chi connectivity index (χ4v) is 3.97. The van der Waals surface area contributed by atoms with E-state index in [1.54, 1.807) is 18.4 Å². The molecule has 0 fully saturated rings. The number of methoxy groups -OCH3 is 1. The molecule has 142 valence electrons. The zero-order valence-electron chi connectivity index (χ0n) is 16.1. The monoisotopic (exact) mass is 385 g/mol. The van der Waals surface area contributed by atoms with Crippen molar-refractivity contribution in [1.82, 2.24) is 0 Å². The van der Waals surface area contributed by atoms with Crippen molar-refractivity contribution >= 4 is 38.1 Å². The highest BCUT2D eigenvalue weighted by atomic mass is 32.1. The molecule has 0 atom stereocenters. The minimum absolute atomic E-state index is 0.140. The number of anilines is 1. The number of aliphatic hydroxyl groups is 1. The summed E-state index contributed by atoms with van der Waals surface area (Å²) < 4.78 is 8.44. The van der Waals surface area contributed by atoms with Crippen LogP contribution >= 0.6 is 11.3 Å². The van der Waals surface area contributed by atoms with Crippen molar-refractivity contribution in [1.29, 1.82) is 0 Å². The number of nitrogens with zero attached hydrogens (tertiary/aromatic N) is 4. The van der Waals surface area contributed by atoms with Gasteiger partial charge in [-0.2, -0.15) is 0 Å². The van der Waals surface area contributed by atoms with Gasteiger partial charge in [0, 0.05) is 24.8 Å². The molecule has 7 heteroatoms. The molecule has 2 aromatic carbocycles. The molecule has 1 N–H and O–H groups in total. The Labute approximate surface area is 163 Å². The summed E-state index contributed by atoms with van der Waals surface area (Å²) in [6.07, 6.45) is 0. The Morgan fingerprint density at radius 1 is 1.19 bits per heavy atom. The Hall–Kier alpha value is -2.51. The molecule has 0 amide bonds. The van der Waals surface area contributed by atoms with E-state index in [1.807, 2.05) is 48.9 Å². The van der Waals surface area contributed by atoms with Crippen LogP contribution in [0, 0.1) is 6.92 Å². The lowest BCUT2D eigenvalue weighted by Crippen LogP contribution is -2.26. The van der Waals surface area contributed by atoms with Crippen molar-refractivity contribution < 1.29 is 14.4 Å². The fraction of sp³-hybridized carbons (Fsp3) is 0.350. The first-order valence-electron chi connectivity index (χ1n) is 8.92. The first-order valence-corrected chi connectivity index (χ1v) is 9.73. The summed E-state index contributed by atoms with van der Waals surface area (Å²) in [6, 6.07) is 12.1. The smallest absolute Gasteiger partial charge is 0.409 e. The number of benzene rings is 2. The van der Waals surface area contributed by atoms with Crippen molar-refractivity contribution in [2.24, 2.45) is 17.3 Å². The number of aromatic nitrogens is 1. The van der Waals surface area contributed by atoms with Crippen LogP contribution in [0.1, 0.15) is 12.5 Å². The number of aliphatic hydroxyl groups excluding tert-OH is 1. The van der Waals surface area contributed by atoms with Crippen molar-refractivity contribution in [3.05, 3.63) is 42.0 Å². The van der Waals surface area contributed by atoms with Gasteiger partial charge in [-0.25, -0.2) is 4.57 Å². The summed E-state index contributed by atoms with van der Waals surface area (Å²) >= 11 is 1.58. The lowest BCUT2D eigenvalue weighted by molar-refractivity contribution is -0.627. The van der Waals surface area contributed by atoms with Gasteiger partial charge >= 0.3 is 5.13 Å². The Morgan fingerprint density at radius 3 is 2.67 bits per heavy atom. The highest BCUT2D eigenvalue weighted by molar-refractivity contribution is 7.21. The van der Waals surface area contributed by atoms with E-state index in [0.717, 1.165) is 44.6 Å². The second-order valence-corrected chi connectivity index (χ2v) is 7.26. The maximum Gasteiger partial charge on any atom is 0.409 e. The standard InChI is InChI=1S/C20H25N4O2S/c1-5-24(10-11-25)15-6-8-17(14(2)12-15)21-22-20-23(3)18-9-7-16(26-4)13-19(18)27-20/h6-9,12-13,25H,5,10-11H2,1-4H3/q+1. The molecule has 27 heavy (non-hydrogen) atoms. The predicted molar refractivity (Wildman–Crippen MR) is 110 cm³/mol. The molecule has 3 aromatic rings. The number of hydrogen-bond donors (Lipinski definition) is 1. The molecule has 0 saturated carbocycles. The van der Waals surface area contributed by atoms with Crippen molar-refractivity contribution in [3.8, 4) is 5.75 Å². The van der Waals surface area contributed by atoms with Crippen LogP contribution < -0.4 is 14.2 Å². The highest BCUT2D eigenvalue weighted by Crippen LogP contribution is 2.31. The normalized spacial score (nSPS) is 11.4. The zero-order chi connectivity index (χ0) is 19.4. The number of ether oxygens (including phenoxy) is 1. The largest absolute Gasteiger partial charge is 0.497 e. The van der Waals surface area contributed by atoms with Crippen molar-refractivity contribution in [2.45, 2.75) is 13.8 Å². The molecule has 6 nitrogen and oxygen atoms in total. The van der Waals surface area contributed by atoms with E-state index in [1.165, 1.54) is 0 Å². The Kier molecular flexibility index (Phi) is 6.03. The van der Waals surface area contributed by atoms with Gasteiger partial charge in [-0.05, 0) is 66.2 Å². The molecule has 1 heterocycles. The van der Waals surface area contributed by atoms with Gasteiger partial charge in [-0.3, -0.25) is 0 Å². The average molecular weight is 386 g/mol. The molecule has 1 aromatic heterocycles. The zero-order valence-corrected chi connectivity index (χ0v) is 17.0. The molecule has 0 spiro atoms. The van der Waals surface area contributed by atoms with Gasteiger partial charge in [0.1, 0.15) is 17.0 Å². The number of fused-ring (bicyclic) bond motifs is 1. The maximum atomic E-state index is 9.20. The second kappa shape index (κ2) is 8.45. The third-order valence-corrected chi connectivity index (χ3v) is 5.64. The molecule has 3 rings (SSSR count). The van der Waals surface area contributed by atoms with Gasteiger partial charge in [0.2, 0.25) is 0 Å². The average Bonchev–Trinajstić information content (AvgIpc) is 3.00. The van der Waals surface area contributed by atoms with Gasteiger partial charge < -0.3 is 14.7 Å². The van der Waals surface area contributed by atoms with Crippen LogP contribution in [0.2, 0.25) is 0 Å². The molecular formula is C20H25N4O2S+. The van der Waals surface area contributed by atoms with E-state index in [2.05, 4.69) is 28.1 Å². The molecule has 0 unspecified atom stereocenters. The summed E-state index contributed by atoms with van der Waals surface area (Å²) in [7, 11) is 3.66. The van der Waals surface area contributed by atoms with E-state index in [0.29, 0.717) is 6.54 Å². The van der Waals surface area contributed by atoms with E-state index in [4.69, 9.17) is 4.74 Å². The number of likely N-dealkylation sites (N-methyl/N-ethyl adjacent to an activating group) is 1. The van der Waals surface area contributed by atoms with Crippen LogP contribution in [0.15, 0.2) is 46.6 Å². The number of aryl methyl sites for hydroxylation is 2. The summed E-state index contributed by atoms with van der Waals surface area (Å²) in [5.41, 5.74) is 4.08. The van der Waals surface area contributed by atoms with Crippen molar-refractivity contribution in [2.75, 3.05) is 31.7 Å². The number of rotatable bonds is 7. The molecule has 0 aliphatic rings. The lowest BCUT2D eigenvalue weighted by atomic mass is 10.1.